The van der Waals surface area contributed by atoms with Crippen molar-refractivity contribution < 1.29 is 24.2 Å². The van der Waals surface area contributed by atoms with Crippen LogP contribution in [0.5, 0.6) is 0 Å². The number of likely N-dealkylation sites (N-methyl/N-ethyl adjacent to an activating group) is 2. The maximum absolute atomic E-state index is 12.3. The largest absolute Gasteiger partial charge is 0.481 e. The van der Waals surface area contributed by atoms with Gasteiger partial charge in [0.05, 0.1) is 11.6 Å². The minimum atomic E-state index is -0.719. The van der Waals surface area contributed by atoms with E-state index in [1.807, 2.05) is 32.5 Å². The Morgan fingerprint density at radius 2 is 1.94 bits per heavy atom. The molecule has 1 aromatic heterocycles. The predicted octanol–water partition coefficient (Wildman–Crippen LogP) is 4.88. The molecular formula is C27H46N4O5. The van der Waals surface area contributed by atoms with Crippen molar-refractivity contribution in [3.8, 4) is 0 Å². The maximum Gasteiger partial charge on any atom is 0.410 e. The van der Waals surface area contributed by atoms with Crippen molar-refractivity contribution in [3.63, 3.8) is 0 Å². The van der Waals surface area contributed by atoms with Gasteiger partial charge in [0, 0.05) is 51.0 Å². The van der Waals surface area contributed by atoms with Gasteiger partial charge in [0.2, 0.25) is 0 Å². The number of rotatable bonds is 8. The second-order valence-corrected chi connectivity index (χ2v) is 12.3. The lowest BCUT2D eigenvalue weighted by Crippen LogP contribution is -2.38. The number of hydrogen-bond donors (Lipinski definition) is 1. The number of amides is 1. The molecular weight excluding hydrogens is 460 g/mol. The van der Waals surface area contributed by atoms with Gasteiger partial charge in [-0.05, 0) is 71.8 Å². The average molecular weight is 507 g/mol. The van der Waals surface area contributed by atoms with Gasteiger partial charge in [-0.1, -0.05) is 13.8 Å². The highest BCUT2D eigenvalue weighted by Crippen LogP contribution is 2.47. The van der Waals surface area contributed by atoms with E-state index >= 15 is 0 Å². The topological polar surface area (TPSA) is 97.1 Å². The smallest absolute Gasteiger partial charge is 0.410 e. The molecule has 0 radical (unpaired) electrons. The Morgan fingerprint density at radius 1 is 1.22 bits per heavy atom. The summed E-state index contributed by atoms with van der Waals surface area (Å²) in [6, 6.07) is 0. The number of carbonyl (C=O) groups excluding carboxylic acids is 1. The zero-order valence-electron chi connectivity index (χ0n) is 23.2. The number of hydrogen-bond acceptors (Lipinski definition) is 6. The predicted molar refractivity (Wildman–Crippen MR) is 138 cm³/mol. The van der Waals surface area contributed by atoms with E-state index < -0.39 is 11.6 Å². The average Bonchev–Trinajstić information content (AvgIpc) is 3.20. The first-order chi connectivity index (χ1) is 16.8. The molecule has 204 valence electrons. The second-order valence-electron chi connectivity index (χ2n) is 12.3. The van der Waals surface area contributed by atoms with E-state index in [1.54, 1.807) is 11.9 Å². The molecule has 1 saturated heterocycles. The van der Waals surface area contributed by atoms with Crippen LogP contribution in [0.3, 0.4) is 0 Å². The van der Waals surface area contributed by atoms with Gasteiger partial charge in [-0.3, -0.25) is 4.79 Å². The molecule has 3 atom stereocenters. The molecule has 1 saturated carbocycles. The fraction of sp³-hybridized carbons (Fsp3) is 0.815. The van der Waals surface area contributed by atoms with Gasteiger partial charge < -0.3 is 24.4 Å². The van der Waals surface area contributed by atoms with E-state index in [0.29, 0.717) is 26.1 Å². The fourth-order valence-electron chi connectivity index (χ4n) is 5.24. The molecule has 2 heterocycles. The number of ether oxygens (including phenoxy) is 2. The Labute approximate surface area is 216 Å². The molecule has 9 nitrogen and oxygen atoms in total. The van der Waals surface area contributed by atoms with Crippen LogP contribution in [0.4, 0.5) is 4.79 Å². The van der Waals surface area contributed by atoms with E-state index in [2.05, 4.69) is 24.9 Å². The summed E-state index contributed by atoms with van der Waals surface area (Å²) in [4.78, 5) is 28.1. The molecule has 1 N–H and O–H groups in total. The van der Waals surface area contributed by atoms with Crippen molar-refractivity contribution in [2.24, 2.45) is 11.3 Å². The third-order valence-corrected chi connectivity index (χ3v) is 7.54. The lowest BCUT2D eigenvalue weighted by molar-refractivity contribution is -0.148. The van der Waals surface area contributed by atoms with Crippen LogP contribution in [0.2, 0.25) is 0 Å². The monoisotopic (exact) mass is 506 g/mol. The summed E-state index contributed by atoms with van der Waals surface area (Å²) in [6.45, 7) is 12.3. The first-order valence-electron chi connectivity index (χ1n) is 13.3. The molecule has 36 heavy (non-hydrogen) atoms. The third kappa shape index (κ3) is 7.44. The van der Waals surface area contributed by atoms with Crippen molar-refractivity contribution >= 4 is 12.1 Å². The first kappa shape index (κ1) is 28.4. The van der Waals surface area contributed by atoms with E-state index in [1.165, 1.54) is 0 Å². The zero-order valence-corrected chi connectivity index (χ0v) is 23.2. The highest BCUT2D eigenvalue weighted by atomic mass is 16.6. The lowest BCUT2D eigenvalue weighted by Gasteiger charge is -2.39. The highest BCUT2D eigenvalue weighted by Gasteiger charge is 2.42. The lowest BCUT2D eigenvalue weighted by atomic mass is 9.64. The number of aliphatic carboxylic acids is 1. The zero-order chi connectivity index (χ0) is 26.7. The quantitative estimate of drug-likeness (QED) is 0.537. The molecule has 2 fully saturated rings. The molecule has 1 aliphatic carbocycles. The number of carboxylic acids is 1. The summed E-state index contributed by atoms with van der Waals surface area (Å²) in [5.41, 5.74) is 1.36. The number of aromatic nitrogens is 2. The van der Waals surface area contributed by atoms with Gasteiger partial charge in [0.1, 0.15) is 11.8 Å². The van der Waals surface area contributed by atoms with Gasteiger partial charge in [0.15, 0.2) is 0 Å². The van der Waals surface area contributed by atoms with Crippen LogP contribution in [0.15, 0.2) is 6.20 Å². The van der Waals surface area contributed by atoms with E-state index in [0.717, 1.165) is 50.0 Å². The van der Waals surface area contributed by atoms with Crippen LogP contribution in [0, 0.1) is 11.3 Å². The van der Waals surface area contributed by atoms with Crippen LogP contribution < -0.4 is 0 Å². The van der Waals surface area contributed by atoms with E-state index in [-0.39, 0.29) is 29.6 Å². The Bertz CT molecular complexity index is 900. The summed E-state index contributed by atoms with van der Waals surface area (Å²) >= 11 is 0. The van der Waals surface area contributed by atoms with Crippen molar-refractivity contribution in [1.29, 1.82) is 0 Å². The van der Waals surface area contributed by atoms with Crippen LogP contribution in [0.1, 0.15) is 96.5 Å². The number of carboxylic acid groups (broad SMARTS) is 1. The summed E-state index contributed by atoms with van der Waals surface area (Å²) in [6.07, 6.45) is 7.21. The first-order valence-corrected chi connectivity index (χ1v) is 13.3. The van der Waals surface area contributed by atoms with Gasteiger partial charge >= 0.3 is 12.1 Å². The van der Waals surface area contributed by atoms with Crippen LogP contribution >= 0.6 is 0 Å². The van der Waals surface area contributed by atoms with Crippen molar-refractivity contribution in [2.45, 2.75) is 97.4 Å². The number of carbonyl (C=O) groups is 2. The molecule has 9 heteroatoms. The minimum Gasteiger partial charge on any atom is -0.481 e. The Balaban J connectivity index is 1.74. The van der Waals surface area contributed by atoms with Gasteiger partial charge in [-0.25, -0.2) is 9.48 Å². The van der Waals surface area contributed by atoms with Crippen LogP contribution in [-0.4, -0.2) is 76.1 Å². The Kier molecular flexibility index (Phi) is 9.09. The Hall–Kier alpha value is -2.13. The maximum atomic E-state index is 12.3. The molecule has 0 aromatic carbocycles. The van der Waals surface area contributed by atoms with E-state index in [4.69, 9.17) is 14.6 Å². The van der Waals surface area contributed by atoms with Crippen molar-refractivity contribution in [1.82, 2.24) is 19.6 Å². The van der Waals surface area contributed by atoms with Crippen LogP contribution in [0.25, 0.3) is 0 Å². The van der Waals surface area contributed by atoms with Crippen molar-refractivity contribution in [3.05, 3.63) is 17.5 Å². The summed E-state index contributed by atoms with van der Waals surface area (Å²) in [7, 11) is 3.78. The third-order valence-electron chi connectivity index (χ3n) is 7.54. The molecule has 0 bridgehead atoms. The molecule has 2 aliphatic rings. The fourth-order valence-corrected chi connectivity index (χ4v) is 5.24. The molecule has 1 amide bonds. The van der Waals surface area contributed by atoms with Gasteiger partial charge in [-0.2, -0.15) is 5.10 Å². The summed E-state index contributed by atoms with van der Waals surface area (Å²) in [5, 5.41) is 14.9. The molecule has 3 rings (SSSR count). The molecule has 2 unspecified atom stereocenters. The van der Waals surface area contributed by atoms with Gasteiger partial charge in [0.25, 0.3) is 0 Å². The summed E-state index contributed by atoms with van der Waals surface area (Å²) < 4.78 is 13.4. The Morgan fingerprint density at radius 3 is 2.56 bits per heavy atom. The highest BCUT2D eigenvalue weighted by molar-refractivity contribution is 5.71. The minimum absolute atomic E-state index is 0.0647. The molecule has 0 spiro atoms. The number of nitrogens with zero attached hydrogens (tertiary/aromatic N) is 4. The second kappa shape index (κ2) is 11.5. The standard InChI is InChI=1S/C27H46N4O5/c1-26(2,3)36-25(34)30(7)14-13-29(6)17-20-18-31(22-10-8-9-15-35-22)28-23(20)19-11-12-27(4,5)21(16-19)24(32)33/h18-19,21-22H,8-17H2,1-7H3,(H,32,33)/t19?,21-,22?/m0/s1. The van der Waals surface area contributed by atoms with Crippen molar-refractivity contribution in [2.75, 3.05) is 33.8 Å². The molecule has 1 aliphatic heterocycles. The summed E-state index contributed by atoms with van der Waals surface area (Å²) in [5.74, 6) is -0.999. The molecule has 1 aromatic rings. The van der Waals surface area contributed by atoms with Gasteiger partial charge in [-0.15, -0.1) is 0 Å². The van der Waals surface area contributed by atoms with Crippen LogP contribution in [-0.2, 0) is 20.8 Å². The SMILES string of the molecule is CN(CCN(C)C(=O)OC(C)(C)C)Cc1cn(C2CCCCO2)nc1C1CCC(C)(C)[C@H](C(=O)O)C1. The van der Waals surface area contributed by atoms with E-state index in [9.17, 15) is 14.7 Å². The normalized spacial score (nSPS) is 24.5.